The van der Waals surface area contributed by atoms with Gasteiger partial charge in [-0.05, 0) is 39.5 Å². The van der Waals surface area contributed by atoms with E-state index in [4.69, 9.17) is 9.72 Å². The minimum atomic E-state index is 0.474. The summed E-state index contributed by atoms with van der Waals surface area (Å²) in [7, 11) is 0. The number of hydrogen-bond donors (Lipinski definition) is 1. The van der Waals surface area contributed by atoms with Crippen LogP contribution in [0.25, 0.3) is 0 Å². The molecule has 0 aliphatic carbocycles. The second-order valence-electron chi connectivity index (χ2n) is 5.87. The molecule has 1 fully saturated rings. The summed E-state index contributed by atoms with van der Waals surface area (Å²) >= 11 is 0. The topological polar surface area (TPSA) is 50.3 Å². The molecule has 2 rings (SSSR count). The highest BCUT2D eigenvalue weighted by molar-refractivity contribution is 5.50. The van der Waals surface area contributed by atoms with E-state index in [1.807, 2.05) is 6.92 Å². The number of ether oxygens (including phenoxy) is 1. The summed E-state index contributed by atoms with van der Waals surface area (Å²) in [6.07, 6.45) is 2.45. The molecule has 0 radical (unpaired) electrons. The van der Waals surface area contributed by atoms with Crippen LogP contribution in [0, 0.1) is 5.92 Å². The van der Waals surface area contributed by atoms with Gasteiger partial charge in [0.2, 0.25) is 0 Å². The van der Waals surface area contributed by atoms with Gasteiger partial charge in [-0.2, -0.15) is 0 Å². The summed E-state index contributed by atoms with van der Waals surface area (Å²) in [5.74, 6) is 3.48. The van der Waals surface area contributed by atoms with Crippen molar-refractivity contribution in [2.75, 3.05) is 29.9 Å². The molecule has 1 saturated heterocycles. The second-order valence-corrected chi connectivity index (χ2v) is 5.87. The molecule has 0 spiro atoms. The standard InChI is InChI=1S/C16H28N4O/c1-5-17-14-10-16(19-15(18-14)11-21-6-2)20-8-7-12(3)9-13(20)4/h10,12-13H,5-9,11H2,1-4H3,(H,17,18,19). The largest absolute Gasteiger partial charge is 0.374 e. The zero-order valence-electron chi connectivity index (χ0n) is 13.7. The fourth-order valence-electron chi connectivity index (χ4n) is 2.91. The Morgan fingerprint density at radius 1 is 1.33 bits per heavy atom. The molecular weight excluding hydrogens is 264 g/mol. The van der Waals surface area contributed by atoms with E-state index in [0.29, 0.717) is 19.3 Å². The number of anilines is 2. The third-order valence-electron chi connectivity index (χ3n) is 3.98. The van der Waals surface area contributed by atoms with Crippen molar-refractivity contribution in [1.29, 1.82) is 0 Å². The Balaban J connectivity index is 2.21. The number of aromatic nitrogens is 2. The van der Waals surface area contributed by atoms with Crippen LogP contribution in [0.1, 0.15) is 46.4 Å². The molecule has 0 bridgehead atoms. The fraction of sp³-hybridized carbons (Fsp3) is 0.750. The van der Waals surface area contributed by atoms with Crippen molar-refractivity contribution in [3.63, 3.8) is 0 Å². The molecule has 5 nitrogen and oxygen atoms in total. The van der Waals surface area contributed by atoms with E-state index >= 15 is 0 Å². The van der Waals surface area contributed by atoms with Crippen LogP contribution in [-0.4, -0.2) is 35.7 Å². The lowest BCUT2D eigenvalue weighted by molar-refractivity contribution is 0.128. The SMILES string of the molecule is CCNc1cc(N2CCC(C)CC2C)nc(COCC)n1. The third kappa shape index (κ3) is 4.30. The molecule has 0 saturated carbocycles. The minimum absolute atomic E-state index is 0.474. The normalized spacial score (nSPS) is 22.4. The van der Waals surface area contributed by atoms with E-state index in [1.165, 1.54) is 12.8 Å². The van der Waals surface area contributed by atoms with Crippen molar-refractivity contribution in [3.8, 4) is 0 Å². The lowest BCUT2D eigenvalue weighted by Crippen LogP contribution is -2.41. The Bertz CT molecular complexity index is 452. The number of nitrogens with one attached hydrogen (secondary N) is 1. The monoisotopic (exact) mass is 292 g/mol. The maximum Gasteiger partial charge on any atom is 0.158 e. The number of nitrogens with zero attached hydrogens (tertiary/aromatic N) is 3. The molecule has 1 N–H and O–H groups in total. The zero-order chi connectivity index (χ0) is 15.2. The molecule has 0 aromatic carbocycles. The lowest BCUT2D eigenvalue weighted by Gasteiger charge is -2.37. The van der Waals surface area contributed by atoms with Gasteiger partial charge in [0.25, 0.3) is 0 Å². The predicted molar refractivity (Wildman–Crippen MR) is 86.7 cm³/mol. The van der Waals surface area contributed by atoms with Crippen molar-refractivity contribution in [3.05, 3.63) is 11.9 Å². The van der Waals surface area contributed by atoms with Gasteiger partial charge >= 0.3 is 0 Å². The van der Waals surface area contributed by atoms with Gasteiger partial charge in [-0.3, -0.25) is 0 Å². The Kier molecular flexibility index (Phi) is 5.79. The molecule has 2 atom stereocenters. The predicted octanol–water partition coefficient (Wildman–Crippen LogP) is 3.07. The van der Waals surface area contributed by atoms with Gasteiger partial charge in [0.05, 0.1) is 0 Å². The molecule has 2 heterocycles. The molecule has 1 aromatic rings. The van der Waals surface area contributed by atoms with E-state index in [0.717, 1.165) is 36.5 Å². The molecule has 0 amide bonds. The quantitative estimate of drug-likeness (QED) is 0.873. The smallest absolute Gasteiger partial charge is 0.158 e. The highest BCUT2D eigenvalue weighted by Gasteiger charge is 2.24. The Hall–Kier alpha value is -1.36. The van der Waals surface area contributed by atoms with Gasteiger partial charge in [0, 0.05) is 31.8 Å². The summed E-state index contributed by atoms with van der Waals surface area (Å²) in [6, 6.07) is 2.59. The van der Waals surface area contributed by atoms with E-state index in [9.17, 15) is 0 Å². The highest BCUT2D eigenvalue weighted by Crippen LogP contribution is 2.27. The van der Waals surface area contributed by atoms with Gasteiger partial charge in [0.1, 0.15) is 18.2 Å². The number of rotatable bonds is 6. The number of hydrogen-bond acceptors (Lipinski definition) is 5. The summed E-state index contributed by atoms with van der Waals surface area (Å²) in [5, 5.41) is 3.29. The second kappa shape index (κ2) is 7.59. The molecule has 1 aliphatic rings. The van der Waals surface area contributed by atoms with Gasteiger partial charge in [0.15, 0.2) is 5.82 Å². The van der Waals surface area contributed by atoms with Crippen molar-refractivity contribution in [2.24, 2.45) is 5.92 Å². The van der Waals surface area contributed by atoms with Crippen LogP contribution in [0.3, 0.4) is 0 Å². The van der Waals surface area contributed by atoms with Gasteiger partial charge in [-0.1, -0.05) is 6.92 Å². The molecule has 21 heavy (non-hydrogen) atoms. The third-order valence-corrected chi connectivity index (χ3v) is 3.98. The van der Waals surface area contributed by atoms with Crippen molar-refractivity contribution < 1.29 is 4.74 Å². The van der Waals surface area contributed by atoms with Crippen LogP contribution in [0.2, 0.25) is 0 Å². The van der Waals surface area contributed by atoms with Crippen molar-refractivity contribution >= 4 is 11.6 Å². The summed E-state index contributed by atoms with van der Waals surface area (Å²) < 4.78 is 5.47. The van der Waals surface area contributed by atoms with Gasteiger partial charge in [-0.25, -0.2) is 9.97 Å². The van der Waals surface area contributed by atoms with Crippen molar-refractivity contribution in [2.45, 2.75) is 53.2 Å². The van der Waals surface area contributed by atoms with Crippen LogP contribution in [0.4, 0.5) is 11.6 Å². The van der Waals surface area contributed by atoms with Crippen LogP contribution < -0.4 is 10.2 Å². The fourth-order valence-corrected chi connectivity index (χ4v) is 2.91. The van der Waals surface area contributed by atoms with Crippen molar-refractivity contribution in [1.82, 2.24) is 9.97 Å². The maximum atomic E-state index is 5.47. The summed E-state index contributed by atoms with van der Waals surface area (Å²) in [6.45, 7) is 11.8. The number of piperidine rings is 1. The van der Waals surface area contributed by atoms with E-state index in [2.05, 4.69) is 42.0 Å². The highest BCUT2D eigenvalue weighted by atomic mass is 16.5. The van der Waals surface area contributed by atoms with E-state index in [1.54, 1.807) is 0 Å². The molecule has 118 valence electrons. The van der Waals surface area contributed by atoms with E-state index < -0.39 is 0 Å². The Labute approximate surface area is 128 Å². The van der Waals surface area contributed by atoms with Gasteiger partial charge < -0.3 is 15.0 Å². The molecule has 1 aromatic heterocycles. The molecule has 2 unspecified atom stereocenters. The molecule has 1 aliphatic heterocycles. The first-order valence-electron chi connectivity index (χ1n) is 8.10. The summed E-state index contributed by atoms with van der Waals surface area (Å²) in [4.78, 5) is 11.6. The zero-order valence-corrected chi connectivity index (χ0v) is 13.7. The van der Waals surface area contributed by atoms with Crippen LogP contribution in [0.5, 0.6) is 0 Å². The first kappa shape index (κ1) is 16.0. The Morgan fingerprint density at radius 2 is 2.14 bits per heavy atom. The first-order valence-corrected chi connectivity index (χ1v) is 8.10. The lowest BCUT2D eigenvalue weighted by atomic mass is 9.93. The first-order chi connectivity index (χ1) is 10.1. The van der Waals surface area contributed by atoms with E-state index in [-0.39, 0.29) is 0 Å². The van der Waals surface area contributed by atoms with Crippen LogP contribution >= 0.6 is 0 Å². The van der Waals surface area contributed by atoms with Crippen LogP contribution in [0.15, 0.2) is 6.07 Å². The molecular formula is C16H28N4O. The average Bonchev–Trinajstić information content (AvgIpc) is 2.45. The summed E-state index contributed by atoms with van der Waals surface area (Å²) in [5.41, 5.74) is 0. The molecule has 5 heteroatoms. The van der Waals surface area contributed by atoms with Gasteiger partial charge in [-0.15, -0.1) is 0 Å². The maximum absolute atomic E-state index is 5.47. The Morgan fingerprint density at radius 3 is 2.81 bits per heavy atom. The average molecular weight is 292 g/mol. The van der Waals surface area contributed by atoms with Crippen LogP contribution in [-0.2, 0) is 11.3 Å². The minimum Gasteiger partial charge on any atom is -0.374 e.